The molecule has 5 nitrogen and oxygen atoms in total. The maximum absolute atomic E-state index is 10.8. The monoisotopic (exact) mass is 264 g/mol. The summed E-state index contributed by atoms with van der Waals surface area (Å²) in [5, 5.41) is 14.0. The van der Waals surface area contributed by atoms with Crippen molar-refractivity contribution < 1.29 is 9.66 Å². The van der Waals surface area contributed by atoms with Gasteiger partial charge in [-0.25, -0.2) is 0 Å². The summed E-state index contributed by atoms with van der Waals surface area (Å²) >= 11 is 0. The van der Waals surface area contributed by atoms with E-state index in [4.69, 9.17) is 4.74 Å². The zero-order valence-corrected chi connectivity index (χ0v) is 11.2. The van der Waals surface area contributed by atoms with Crippen molar-refractivity contribution in [3.8, 4) is 5.75 Å². The Balaban J connectivity index is 2.80. The van der Waals surface area contributed by atoms with Gasteiger partial charge in [0.2, 0.25) is 0 Å². The van der Waals surface area contributed by atoms with E-state index in [-0.39, 0.29) is 5.69 Å². The summed E-state index contributed by atoms with van der Waals surface area (Å²) in [4.78, 5) is 10.4. The highest BCUT2D eigenvalue weighted by molar-refractivity contribution is 5.43. The molecule has 0 fully saturated rings. The molecule has 19 heavy (non-hydrogen) atoms. The number of ether oxygens (including phenoxy) is 1. The first-order valence-electron chi connectivity index (χ1n) is 6.40. The van der Waals surface area contributed by atoms with Crippen LogP contribution in [0.2, 0.25) is 0 Å². The van der Waals surface area contributed by atoms with Crippen molar-refractivity contribution >= 4 is 5.69 Å². The predicted molar refractivity (Wildman–Crippen MR) is 75.4 cm³/mol. The lowest BCUT2D eigenvalue weighted by Crippen LogP contribution is -2.15. The lowest BCUT2D eigenvalue weighted by molar-refractivity contribution is -0.384. The Morgan fingerprint density at radius 3 is 2.95 bits per heavy atom. The third kappa shape index (κ3) is 5.09. The number of hydrogen-bond donors (Lipinski definition) is 1. The SMILES string of the molecule is C=CCCOc1ccc([N+](=O)[O-])cc1CNCCC. The van der Waals surface area contributed by atoms with Crippen molar-refractivity contribution in [2.24, 2.45) is 0 Å². The number of rotatable bonds is 9. The molecule has 1 rings (SSSR count). The summed E-state index contributed by atoms with van der Waals surface area (Å²) in [6, 6.07) is 4.68. The molecule has 0 bridgehead atoms. The van der Waals surface area contributed by atoms with Crippen LogP contribution in [-0.4, -0.2) is 18.1 Å². The summed E-state index contributed by atoms with van der Waals surface area (Å²) in [5.41, 5.74) is 0.899. The molecule has 0 spiro atoms. The van der Waals surface area contributed by atoms with Crippen molar-refractivity contribution in [1.29, 1.82) is 0 Å². The number of nitro groups is 1. The van der Waals surface area contributed by atoms with E-state index in [1.54, 1.807) is 18.2 Å². The molecule has 104 valence electrons. The molecule has 0 unspecified atom stereocenters. The van der Waals surface area contributed by atoms with E-state index in [0.717, 1.165) is 24.9 Å². The molecule has 0 radical (unpaired) electrons. The lowest BCUT2D eigenvalue weighted by atomic mass is 10.1. The molecule has 0 saturated carbocycles. The summed E-state index contributed by atoms with van der Waals surface area (Å²) in [6.45, 7) is 7.67. The molecule has 0 amide bonds. The summed E-state index contributed by atoms with van der Waals surface area (Å²) in [5.74, 6) is 0.691. The first-order valence-corrected chi connectivity index (χ1v) is 6.40. The number of hydrogen-bond acceptors (Lipinski definition) is 4. The van der Waals surface area contributed by atoms with Crippen molar-refractivity contribution in [1.82, 2.24) is 5.32 Å². The zero-order valence-electron chi connectivity index (χ0n) is 11.2. The highest BCUT2D eigenvalue weighted by Gasteiger charge is 2.11. The Labute approximate surface area is 113 Å². The van der Waals surface area contributed by atoms with E-state index in [0.29, 0.717) is 18.9 Å². The van der Waals surface area contributed by atoms with Gasteiger partial charge in [-0.2, -0.15) is 0 Å². The molecular weight excluding hydrogens is 244 g/mol. The average molecular weight is 264 g/mol. The fraction of sp³-hybridized carbons (Fsp3) is 0.429. The van der Waals surface area contributed by atoms with Gasteiger partial charge in [-0.3, -0.25) is 10.1 Å². The molecule has 0 aromatic heterocycles. The maximum atomic E-state index is 10.8. The fourth-order valence-corrected chi connectivity index (χ4v) is 1.61. The van der Waals surface area contributed by atoms with Gasteiger partial charge in [0, 0.05) is 24.2 Å². The van der Waals surface area contributed by atoms with Crippen LogP contribution in [0.25, 0.3) is 0 Å². The second kappa shape index (κ2) is 8.26. The Bertz CT molecular complexity index is 433. The Morgan fingerprint density at radius 2 is 2.32 bits per heavy atom. The highest BCUT2D eigenvalue weighted by Crippen LogP contribution is 2.24. The molecule has 1 N–H and O–H groups in total. The van der Waals surface area contributed by atoms with E-state index in [1.165, 1.54) is 6.07 Å². The smallest absolute Gasteiger partial charge is 0.270 e. The molecule has 1 aromatic rings. The quantitative estimate of drug-likeness (QED) is 0.322. The third-order valence-corrected chi connectivity index (χ3v) is 2.58. The number of nitrogens with one attached hydrogen (secondary N) is 1. The first-order chi connectivity index (χ1) is 9.19. The molecule has 0 aliphatic heterocycles. The topological polar surface area (TPSA) is 64.4 Å². The normalized spacial score (nSPS) is 10.2. The van der Waals surface area contributed by atoms with E-state index < -0.39 is 4.92 Å². The van der Waals surface area contributed by atoms with Crippen LogP contribution in [0.15, 0.2) is 30.9 Å². The molecule has 0 saturated heterocycles. The first kappa shape index (κ1) is 15.2. The standard InChI is InChI=1S/C14H20N2O3/c1-3-5-9-19-14-7-6-13(16(17)18)10-12(14)11-15-8-4-2/h3,6-7,10,15H,1,4-5,8-9,11H2,2H3. The van der Waals surface area contributed by atoms with Crippen molar-refractivity contribution in [2.75, 3.05) is 13.2 Å². The van der Waals surface area contributed by atoms with Gasteiger partial charge >= 0.3 is 0 Å². The van der Waals surface area contributed by atoms with E-state index in [1.807, 2.05) is 0 Å². The molecular formula is C14H20N2O3. The molecule has 0 aliphatic rings. The fourth-order valence-electron chi connectivity index (χ4n) is 1.61. The lowest BCUT2D eigenvalue weighted by Gasteiger charge is -2.11. The number of nitrogens with zero attached hydrogens (tertiary/aromatic N) is 1. The van der Waals surface area contributed by atoms with Gasteiger partial charge in [-0.1, -0.05) is 13.0 Å². The summed E-state index contributed by atoms with van der Waals surface area (Å²) < 4.78 is 5.61. The molecule has 5 heteroatoms. The van der Waals surface area contributed by atoms with E-state index >= 15 is 0 Å². The Hall–Kier alpha value is -1.88. The molecule has 0 heterocycles. The van der Waals surface area contributed by atoms with Gasteiger partial charge in [-0.05, 0) is 25.5 Å². The highest BCUT2D eigenvalue weighted by atomic mass is 16.6. The van der Waals surface area contributed by atoms with Gasteiger partial charge in [0.25, 0.3) is 5.69 Å². The van der Waals surface area contributed by atoms with Crippen LogP contribution < -0.4 is 10.1 Å². The number of benzene rings is 1. The van der Waals surface area contributed by atoms with Crippen LogP contribution in [0.1, 0.15) is 25.3 Å². The van der Waals surface area contributed by atoms with Gasteiger partial charge in [0.05, 0.1) is 11.5 Å². The second-order valence-corrected chi connectivity index (χ2v) is 4.15. The summed E-state index contributed by atoms with van der Waals surface area (Å²) in [6.07, 6.45) is 3.54. The predicted octanol–water partition coefficient (Wildman–Crippen LogP) is 3.05. The Morgan fingerprint density at radius 1 is 1.53 bits per heavy atom. The molecule has 1 aromatic carbocycles. The van der Waals surface area contributed by atoms with Crippen molar-refractivity contribution in [2.45, 2.75) is 26.3 Å². The van der Waals surface area contributed by atoms with Crippen molar-refractivity contribution in [3.05, 3.63) is 46.5 Å². The van der Waals surface area contributed by atoms with Crippen LogP contribution in [0, 0.1) is 10.1 Å². The van der Waals surface area contributed by atoms with Crippen LogP contribution in [0.4, 0.5) is 5.69 Å². The minimum absolute atomic E-state index is 0.0874. The molecule has 0 atom stereocenters. The van der Waals surface area contributed by atoms with Crippen LogP contribution in [0.5, 0.6) is 5.75 Å². The summed E-state index contributed by atoms with van der Waals surface area (Å²) in [7, 11) is 0. The van der Waals surface area contributed by atoms with Crippen LogP contribution in [0.3, 0.4) is 0 Å². The Kier molecular flexibility index (Phi) is 6.60. The van der Waals surface area contributed by atoms with Gasteiger partial charge in [-0.15, -0.1) is 6.58 Å². The van der Waals surface area contributed by atoms with Crippen LogP contribution in [-0.2, 0) is 6.54 Å². The van der Waals surface area contributed by atoms with E-state index in [2.05, 4.69) is 18.8 Å². The van der Waals surface area contributed by atoms with Crippen molar-refractivity contribution in [3.63, 3.8) is 0 Å². The van der Waals surface area contributed by atoms with E-state index in [9.17, 15) is 10.1 Å². The van der Waals surface area contributed by atoms with Gasteiger partial charge < -0.3 is 10.1 Å². The maximum Gasteiger partial charge on any atom is 0.270 e. The van der Waals surface area contributed by atoms with Crippen LogP contribution >= 0.6 is 0 Å². The zero-order chi connectivity index (χ0) is 14.1. The van der Waals surface area contributed by atoms with Gasteiger partial charge in [0.15, 0.2) is 0 Å². The average Bonchev–Trinajstić information content (AvgIpc) is 2.40. The second-order valence-electron chi connectivity index (χ2n) is 4.15. The largest absolute Gasteiger partial charge is 0.493 e. The molecule has 0 aliphatic carbocycles. The third-order valence-electron chi connectivity index (χ3n) is 2.58. The number of non-ortho nitro benzene ring substituents is 1. The van der Waals surface area contributed by atoms with Gasteiger partial charge in [0.1, 0.15) is 5.75 Å². The number of nitro benzene ring substituents is 1. The minimum atomic E-state index is -0.392. The minimum Gasteiger partial charge on any atom is -0.493 e.